The fourth-order valence-electron chi connectivity index (χ4n) is 2.75. The van der Waals surface area contributed by atoms with E-state index in [-0.39, 0.29) is 18.4 Å². The van der Waals surface area contributed by atoms with E-state index in [2.05, 4.69) is 15.9 Å². The van der Waals surface area contributed by atoms with Gasteiger partial charge in [-0.1, -0.05) is 6.07 Å². The predicted octanol–water partition coefficient (Wildman–Crippen LogP) is 2.84. The van der Waals surface area contributed by atoms with Gasteiger partial charge in [-0.15, -0.1) is 0 Å². The number of halogens is 2. The van der Waals surface area contributed by atoms with Gasteiger partial charge in [-0.25, -0.2) is 4.39 Å². The van der Waals surface area contributed by atoms with Crippen molar-refractivity contribution in [1.29, 1.82) is 0 Å². The molecule has 1 amide bonds. The smallest absolute Gasteiger partial charge is 0.308 e. The molecule has 4 nitrogen and oxygen atoms in total. The quantitative estimate of drug-likeness (QED) is 0.904. The molecule has 1 fully saturated rings. The lowest BCUT2D eigenvalue weighted by molar-refractivity contribution is -0.148. The van der Waals surface area contributed by atoms with E-state index < -0.39 is 17.7 Å². The molecule has 6 heteroatoms. The summed E-state index contributed by atoms with van der Waals surface area (Å²) < 4.78 is 13.8. The lowest BCUT2D eigenvalue weighted by Crippen LogP contribution is -2.49. The van der Waals surface area contributed by atoms with Gasteiger partial charge in [-0.2, -0.15) is 0 Å². The molecule has 1 N–H and O–H groups in total. The van der Waals surface area contributed by atoms with Crippen molar-refractivity contribution in [2.45, 2.75) is 32.2 Å². The van der Waals surface area contributed by atoms with E-state index in [0.717, 1.165) is 0 Å². The van der Waals surface area contributed by atoms with Crippen molar-refractivity contribution in [2.24, 2.45) is 5.92 Å². The third-order valence-corrected chi connectivity index (χ3v) is 4.61. The third kappa shape index (κ3) is 3.61. The summed E-state index contributed by atoms with van der Waals surface area (Å²) in [5, 5.41) is 9.17. The van der Waals surface area contributed by atoms with Crippen LogP contribution < -0.4 is 0 Å². The molecule has 0 bridgehead atoms. The SMILES string of the molecule is C[C@@H]1[C@H](C(=O)O)CCCN1C(=O)Cc1ccc(Br)c(F)c1. The summed E-state index contributed by atoms with van der Waals surface area (Å²) in [7, 11) is 0. The van der Waals surface area contributed by atoms with Crippen LogP contribution in [0.15, 0.2) is 22.7 Å². The van der Waals surface area contributed by atoms with Crippen molar-refractivity contribution in [2.75, 3.05) is 6.54 Å². The minimum Gasteiger partial charge on any atom is -0.481 e. The van der Waals surface area contributed by atoms with Crippen molar-refractivity contribution in [1.82, 2.24) is 4.90 Å². The van der Waals surface area contributed by atoms with Gasteiger partial charge in [0.15, 0.2) is 0 Å². The lowest BCUT2D eigenvalue weighted by Gasteiger charge is -2.37. The molecule has 0 radical (unpaired) electrons. The number of nitrogens with zero attached hydrogens (tertiary/aromatic N) is 1. The first-order valence-electron chi connectivity index (χ1n) is 6.86. The fourth-order valence-corrected chi connectivity index (χ4v) is 3.00. The number of aliphatic carboxylic acids is 1. The number of hydrogen-bond acceptors (Lipinski definition) is 2. The summed E-state index contributed by atoms with van der Waals surface area (Å²) in [5.41, 5.74) is 0.588. The maximum atomic E-state index is 13.5. The average Bonchev–Trinajstić information content (AvgIpc) is 2.42. The summed E-state index contributed by atoms with van der Waals surface area (Å²) in [6, 6.07) is 4.25. The van der Waals surface area contributed by atoms with Crippen LogP contribution in [0.1, 0.15) is 25.3 Å². The van der Waals surface area contributed by atoms with E-state index >= 15 is 0 Å². The number of rotatable bonds is 3. The highest BCUT2D eigenvalue weighted by Gasteiger charge is 2.35. The van der Waals surface area contributed by atoms with Gasteiger partial charge in [0.2, 0.25) is 5.91 Å². The Morgan fingerprint density at radius 3 is 2.81 bits per heavy atom. The van der Waals surface area contributed by atoms with E-state index in [1.54, 1.807) is 24.0 Å². The van der Waals surface area contributed by atoms with E-state index in [9.17, 15) is 19.1 Å². The van der Waals surface area contributed by atoms with Crippen molar-refractivity contribution < 1.29 is 19.1 Å². The van der Waals surface area contributed by atoms with Crippen LogP contribution in [0.25, 0.3) is 0 Å². The van der Waals surface area contributed by atoms with Gasteiger partial charge in [0, 0.05) is 12.6 Å². The van der Waals surface area contributed by atoms with Gasteiger partial charge >= 0.3 is 5.97 Å². The topological polar surface area (TPSA) is 57.6 Å². The number of amides is 1. The predicted molar refractivity (Wildman–Crippen MR) is 79.3 cm³/mol. The van der Waals surface area contributed by atoms with Crippen LogP contribution in [0.2, 0.25) is 0 Å². The molecular formula is C15H17BrFNO3. The second kappa shape index (κ2) is 6.56. The van der Waals surface area contributed by atoms with Gasteiger partial charge in [-0.05, 0) is 53.4 Å². The Hall–Kier alpha value is -1.43. The zero-order valence-electron chi connectivity index (χ0n) is 11.7. The Morgan fingerprint density at radius 2 is 2.19 bits per heavy atom. The number of carboxylic acids is 1. The zero-order valence-corrected chi connectivity index (χ0v) is 13.3. The number of hydrogen-bond donors (Lipinski definition) is 1. The van der Waals surface area contributed by atoms with Gasteiger partial charge < -0.3 is 10.0 Å². The van der Waals surface area contributed by atoms with Gasteiger partial charge in [0.25, 0.3) is 0 Å². The van der Waals surface area contributed by atoms with Crippen molar-refractivity contribution >= 4 is 27.8 Å². The van der Waals surface area contributed by atoms with Crippen LogP contribution in [0.3, 0.4) is 0 Å². The van der Waals surface area contributed by atoms with Crippen LogP contribution >= 0.6 is 15.9 Å². The van der Waals surface area contributed by atoms with E-state index in [0.29, 0.717) is 29.4 Å². The Bertz CT molecular complexity index is 564. The first-order chi connectivity index (χ1) is 9.90. The molecule has 0 aliphatic carbocycles. The Kier molecular flexibility index (Phi) is 4.98. The van der Waals surface area contributed by atoms with Crippen molar-refractivity contribution in [3.8, 4) is 0 Å². The molecule has 0 saturated carbocycles. The molecule has 1 aromatic rings. The minimum absolute atomic E-state index is 0.0842. The normalized spacial score (nSPS) is 22.1. The van der Waals surface area contributed by atoms with Crippen LogP contribution in [-0.2, 0) is 16.0 Å². The Labute approximate surface area is 131 Å². The van der Waals surface area contributed by atoms with Gasteiger partial charge in [0.05, 0.1) is 16.8 Å². The average molecular weight is 358 g/mol. The van der Waals surface area contributed by atoms with Crippen LogP contribution in [0.5, 0.6) is 0 Å². The van der Waals surface area contributed by atoms with Crippen molar-refractivity contribution in [3.63, 3.8) is 0 Å². The second-order valence-electron chi connectivity index (χ2n) is 5.34. The highest BCUT2D eigenvalue weighted by molar-refractivity contribution is 9.10. The molecule has 2 atom stereocenters. The lowest BCUT2D eigenvalue weighted by atomic mass is 9.90. The third-order valence-electron chi connectivity index (χ3n) is 3.96. The first kappa shape index (κ1) is 15.9. The van der Waals surface area contributed by atoms with Gasteiger partial charge in [-0.3, -0.25) is 9.59 Å². The Balaban J connectivity index is 2.08. The maximum absolute atomic E-state index is 13.5. The number of benzene rings is 1. The number of carbonyl (C=O) groups excluding carboxylic acids is 1. The first-order valence-corrected chi connectivity index (χ1v) is 7.65. The highest BCUT2D eigenvalue weighted by Crippen LogP contribution is 2.25. The standard InChI is InChI=1S/C15H17BrFNO3/c1-9-11(15(20)21)3-2-6-18(9)14(19)8-10-4-5-12(16)13(17)7-10/h4-5,7,9,11H,2-3,6,8H2,1H3,(H,20,21)/t9-,11-/m1/s1. The number of carbonyl (C=O) groups is 2. The molecule has 1 aromatic carbocycles. The summed E-state index contributed by atoms with van der Waals surface area (Å²) in [6.07, 6.45) is 1.36. The van der Waals surface area contributed by atoms with Crippen LogP contribution in [0.4, 0.5) is 4.39 Å². The number of likely N-dealkylation sites (tertiary alicyclic amines) is 1. The summed E-state index contributed by atoms with van der Waals surface area (Å²) in [4.78, 5) is 25.1. The molecule has 0 spiro atoms. The van der Waals surface area contributed by atoms with E-state index in [1.165, 1.54) is 6.07 Å². The Morgan fingerprint density at radius 1 is 1.48 bits per heavy atom. The second-order valence-corrected chi connectivity index (χ2v) is 6.19. The van der Waals surface area contributed by atoms with E-state index in [1.807, 2.05) is 0 Å². The van der Waals surface area contributed by atoms with E-state index in [4.69, 9.17) is 0 Å². The van der Waals surface area contributed by atoms with Gasteiger partial charge in [0.1, 0.15) is 5.82 Å². The van der Waals surface area contributed by atoms with Crippen LogP contribution in [-0.4, -0.2) is 34.5 Å². The number of piperidine rings is 1. The fraction of sp³-hybridized carbons (Fsp3) is 0.467. The number of carboxylic acid groups (broad SMARTS) is 1. The molecule has 2 rings (SSSR count). The molecule has 0 aromatic heterocycles. The molecule has 21 heavy (non-hydrogen) atoms. The summed E-state index contributed by atoms with van der Waals surface area (Å²) in [6.45, 7) is 2.32. The summed E-state index contributed by atoms with van der Waals surface area (Å²) in [5.74, 6) is -1.95. The molecule has 114 valence electrons. The van der Waals surface area contributed by atoms with Crippen LogP contribution in [0, 0.1) is 11.7 Å². The minimum atomic E-state index is -0.866. The maximum Gasteiger partial charge on any atom is 0.308 e. The zero-order chi connectivity index (χ0) is 15.6. The molecule has 1 saturated heterocycles. The van der Waals surface area contributed by atoms with Crippen molar-refractivity contribution in [3.05, 3.63) is 34.1 Å². The highest BCUT2D eigenvalue weighted by atomic mass is 79.9. The largest absolute Gasteiger partial charge is 0.481 e. The molecule has 1 aliphatic rings. The summed E-state index contributed by atoms with van der Waals surface area (Å²) >= 11 is 3.07. The molecule has 0 unspecified atom stereocenters. The molecule has 1 aliphatic heterocycles. The molecule has 1 heterocycles. The molecular weight excluding hydrogens is 341 g/mol. The monoisotopic (exact) mass is 357 g/mol.